The van der Waals surface area contributed by atoms with Crippen molar-refractivity contribution in [1.82, 2.24) is 9.88 Å². The highest BCUT2D eigenvalue weighted by molar-refractivity contribution is 6.38. The molecule has 1 aromatic heterocycles. The van der Waals surface area contributed by atoms with Crippen molar-refractivity contribution in [3.8, 4) is 0 Å². The number of halogens is 2. The molecule has 0 aliphatic carbocycles. The molecule has 0 saturated heterocycles. The molecule has 0 saturated carbocycles. The van der Waals surface area contributed by atoms with Gasteiger partial charge in [-0.2, -0.15) is 0 Å². The predicted octanol–water partition coefficient (Wildman–Crippen LogP) is 2.13. The number of amides is 1. The van der Waals surface area contributed by atoms with Gasteiger partial charge in [-0.05, 0) is 18.2 Å². The van der Waals surface area contributed by atoms with Crippen molar-refractivity contribution < 1.29 is 23.8 Å². The van der Waals surface area contributed by atoms with Crippen LogP contribution in [0, 0.1) is 5.82 Å². The highest BCUT2D eigenvalue weighted by atomic mass is 35.5. The maximum Gasteiger partial charge on any atom is 0.323 e. The summed E-state index contributed by atoms with van der Waals surface area (Å²) in [6.45, 7) is -0.199. The van der Waals surface area contributed by atoms with E-state index in [1.54, 1.807) is 0 Å². The third-order valence-electron chi connectivity index (χ3n) is 3.09. The van der Waals surface area contributed by atoms with E-state index in [2.05, 4.69) is 4.98 Å². The van der Waals surface area contributed by atoms with Crippen molar-refractivity contribution >= 4 is 34.4 Å². The number of aromatic amines is 1. The fourth-order valence-corrected chi connectivity index (χ4v) is 2.34. The van der Waals surface area contributed by atoms with Gasteiger partial charge < -0.3 is 19.7 Å². The molecule has 0 aliphatic rings. The molecule has 0 radical (unpaired) electrons. The van der Waals surface area contributed by atoms with E-state index in [1.807, 2.05) is 0 Å². The number of carboxylic acids is 1. The highest BCUT2D eigenvalue weighted by Gasteiger charge is 2.23. The molecule has 22 heavy (non-hydrogen) atoms. The maximum absolute atomic E-state index is 13.3. The van der Waals surface area contributed by atoms with E-state index in [9.17, 15) is 14.0 Å². The Morgan fingerprint density at radius 2 is 2.18 bits per heavy atom. The van der Waals surface area contributed by atoms with Crippen LogP contribution in [0.25, 0.3) is 10.9 Å². The van der Waals surface area contributed by atoms with Gasteiger partial charge in [0.2, 0.25) is 0 Å². The molecule has 1 amide bonds. The number of benzene rings is 1. The lowest BCUT2D eigenvalue weighted by atomic mass is 10.2. The zero-order valence-corrected chi connectivity index (χ0v) is 12.5. The number of nitrogens with zero attached hydrogens (tertiary/aromatic N) is 1. The van der Waals surface area contributed by atoms with Crippen molar-refractivity contribution in [2.45, 2.75) is 0 Å². The normalized spacial score (nSPS) is 10.9. The number of nitrogens with one attached hydrogen (secondary N) is 1. The van der Waals surface area contributed by atoms with Gasteiger partial charge in [-0.25, -0.2) is 4.39 Å². The molecule has 0 bridgehead atoms. The molecule has 2 aromatic rings. The van der Waals surface area contributed by atoms with Gasteiger partial charge in [0.05, 0.1) is 11.6 Å². The number of rotatable bonds is 6. The SMILES string of the molecule is COCCN(CC(=O)O)C(=O)c1[nH]c2ccc(F)cc2c1Cl. The van der Waals surface area contributed by atoms with Crippen molar-refractivity contribution in [2.24, 2.45) is 0 Å². The number of ether oxygens (including phenoxy) is 1. The fraction of sp³-hybridized carbons (Fsp3) is 0.286. The van der Waals surface area contributed by atoms with E-state index >= 15 is 0 Å². The van der Waals surface area contributed by atoms with Crippen LogP contribution >= 0.6 is 11.6 Å². The number of hydrogen-bond donors (Lipinski definition) is 2. The summed E-state index contributed by atoms with van der Waals surface area (Å²) in [5, 5.41) is 9.33. The van der Waals surface area contributed by atoms with Gasteiger partial charge in [0.1, 0.15) is 18.1 Å². The zero-order valence-electron chi connectivity index (χ0n) is 11.7. The molecule has 1 aromatic carbocycles. The Kier molecular flexibility index (Phi) is 4.99. The number of carboxylic acid groups (broad SMARTS) is 1. The quantitative estimate of drug-likeness (QED) is 0.851. The van der Waals surface area contributed by atoms with E-state index in [1.165, 1.54) is 25.3 Å². The van der Waals surface area contributed by atoms with E-state index in [-0.39, 0.29) is 23.9 Å². The first-order valence-electron chi connectivity index (χ1n) is 6.40. The summed E-state index contributed by atoms with van der Waals surface area (Å²) in [5.41, 5.74) is 0.524. The molecule has 2 rings (SSSR count). The molecular weight excluding hydrogens is 315 g/mol. The van der Waals surface area contributed by atoms with Crippen LogP contribution < -0.4 is 0 Å². The first-order chi connectivity index (χ1) is 10.4. The molecular formula is C14H14ClFN2O4. The largest absolute Gasteiger partial charge is 0.480 e. The molecule has 118 valence electrons. The first kappa shape index (κ1) is 16.3. The minimum Gasteiger partial charge on any atom is -0.480 e. The lowest BCUT2D eigenvalue weighted by Gasteiger charge is -2.19. The average molecular weight is 329 g/mol. The van der Waals surface area contributed by atoms with E-state index < -0.39 is 24.2 Å². The topological polar surface area (TPSA) is 82.6 Å². The summed E-state index contributed by atoms with van der Waals surface area (Å²) in [5.74, 6) is -2.21. The number of carbonyl (C=O) groups is 2. The Labute approximate surface area is 130 Å². The summed E-state index contributed by atoms with van der Waals surface area (Å²) in [7, 11) is 1.45. The Balaban J connectivity index is 2.37. The summed E-state index contributed by atoms with van der Waals surface area (Å²) >= 11 is 6.11. The number of methoxy groups -OCH3 is 1. The summed E-state index contributed by atoms with van der Waals surface area (Å²) < 4.78 is 18.1. The monoisotopic (exact) mass is 328 g/mol. The molecule has 0 unspecified atom stereocenters. The van der Waals surface area contributed by atoms with Gasteiger partial charge in [0, 0.05) is 24.6 Å². The van der Waals surface area contributed by atoms with Crippen LogP contribution in [-0.4, -0.2) is 53.7 Å². The minimum atomic E-state index is -1.15. The van der Waals surface area contributed by atoms with Crippen LogP contribution in [0.5, 0.6) is 0 Å². The molecule has 0 atom stereocenters. The van der Waals surface area contributed by atoms with Crippen LogP contribution in [0.3, 0.4) is 0 Å². The Hall–Kier alpha value is -2.12. The average Bonchev–Trinajstić information content (AvgIpc) is 2.79. The van der Waals surface area contributed by atoms with Gasteiger partial charge in [0.25, 0.3) is 5.91 Å². The van der Waals surface area contributed by atoms with E-state index in [0.717, 1.165) is 4.90 Å². The van der Waals surface area contributed by atoms with Gasteiger partial charge >= 0.3 is 5.97 Å². The predicted molar refractivity (Wildman–Crippen MR) is 78.7 cm³/mol. The van der Waals surface area contributed by atoms with Crippen LogP contribution in [-0.2, 0) is 9.53 Å². The van der Waals surface area contributed by atoms with Crippen LogP contribution in [0.1, 0.15) is 10.5 Å². The van der Waals surface area contributed by atoms with Gasteiger partial charge in [-0.15, -0.1) is 0 Å². The number of aromatic nitrogens is 1. The van der Waals surface area contributed by atoms with Crippen molar-refractivity contribution in [3.63, 3.8) is 0 Å². The number of hydrogen-bond acceptors (Lipinski definition) is 3. The summed E-state index contributed by atoms with van der Waals surface area (Å²) in [6, 6.07) is 3.91. The molecule has 8 heteroatoms. The molecule has 2 N–H and O–H groups in total. The smallest absolute Gasteiger partial charge is 0.323 e. The van der Waals surface area contributed by atoms with Crippen molar-refractivity contribution in [2.75, 3.05) is 26.8 Å². The second-order valence-corrected chi connectivity index (χ2v) is 5.00. The summed E-state index contributed by atoms with van der Waals surface area (Å²) in [6.07, 6.45) is 0. The third kappa shape index (κ3) is 3.37. The minimum absolute atomic E-state index is 0.0274. The molecule has 0 fully saturated rings. The van der Waals surface area contributed by atoms with E-state index in [4.69, 9.17) is 21.4 Å². The number of carbonyl (C=O) groups excluding carboxylic acids is 1. The van der Waals surface area contributed by atoms with Crippen LogP contribution in [0.15, 0.2) is 18.2 Å². The van der Waals surface area contributed by atoms with Crippen LogP contribution in [0.2, 0.25) is 5.02 Å². The Morgan fingerprint density at radius 1 is 1.45 bits per heavy atom. The van der Waals surface area contributed by atoms with Gasteiger partial charge in [-0.3, -0.25) is 9.59 Å². The maximum atomic E-state index is 13.3. The molecule has 1 heterocycles. The standard InChI is InChI=1S/C14H14ClFN2O4/c1-22-5-4-18(7-11(19)20)14(21)13-12(15)9-6-8(16)2-3-10(9)17-13/h2-3,6,17H,4-5,7H2,1H3,(H,19,20). The highest BCUT2D eigenvalue weighted by Crippen LogP contribution is 2.28. The zero-order chi connectivity index (χ0) is 16.3. The van der Waals surface area contributed by atoms with Crippen molar-refractivity contribution in [1.29, 1.82) is 0 Å². The second kappa shape index (κ2) is 6.76. The number of fused-ring (bicyclic) bond motifs is 1. The molecule has 6 nitrogen and oxygen atoms in total. The van der Waals surface area contributed by atoms with Gasteiger partial charge in [0.15, 0.2) is 0 Å². The van der Waals surface area contributed by atoms with Gasteiger partial charge in [-0.1, -0.05) is 11.6 Å². The number of H-pyrrole nitrogens is 1. The molecule has 0 aliphatic heterocycles. The number of aliphatic carboxylic acids is 1. The van der Waals surface area contributed by atoms with Crippen molar-refractivity contribution in [3.05, 3.63) is 34.7 Å². The second-order valence-electron chi connectivity index (χ2n) is 4.62. The molecule has 0 spiro atoms. The Bertz CT molecular complexity index is 716. The third-order valence-corrected chi connectivity index (χ3v) is 3.48. The van der Waals surface area contributed by atoms with E-state index in [0.29, 0.717) is 10.9 Å². The Morgan fingerprint density at radius 3 is 2.82 bits per heavy atom. The first-order valence-corrected chi connectivity index (χ1v) is 6.78. The lowest BCUT2D eigenvalue weighted by molar-refractivity contribution is -0.137. The lowest BCUT2D eigenvalue weighted by Crippen LogP contribution is -2.38. The summed E-state index contributed by atoms with van der Waals surface area (Å²) in [4.78, 5) is 27.2. The van der Waals surface area contributed by atoms with Crippen LogP contribution in [0.4, 0.5) is 4.39 Å². The fourth-order valence-electron chi connectivity index (χ4n) is 2.05.